The molecule has 3 aliphatic rings. The number of carbonyl (C=O) groups is 3. The van der Waals surface area contributed by atoms with Gasteiger partial charge in [0, 0.05) is 19.6 Å². The average Bonchev–Trinajstić information content (AvgIpc) is 3.11. The van der Waals surface area contributed by atoms with Gasteiger partial charge >= 0.3 is 0 Å². The third-order valence-electron chi connectivity index (χ3n) is 6.00. The van der Waals surface area contributed by atoms with Crippen molar-refractivity contribution in [2.24, 2.45) is 11.8 Å². The first kappa shape index (κ1) is 18.0. The van der Waals surface area contributed by atoms with Crippen molar-refractivity contribution in [3.63, 3.8) is 0 Å². The largest absolute Gasteiger partial charge is 0.341 e. The second-order valence-corrected chi connectivity index (χ2v) is 8.34. The molecule has 2 saturated heterocycles. The molecule has 3 amide bonds. The summed E-state index contributed by atoms with van der Waals surface area (Å²) in [6.07, 6.45) is 2.62. The summed E-state index contributed by atoms with van der Waals surface area (Å²) in [4.78, 5) is 44.3. The molecule has 0 N–H and O–H groups in total. The van der Waals surface area contributed by atoms with Crippen LogP contribution in [0.5, 0.6) is 0 Å². The van der Waals surface area contributed by atoms with Crippen LogP contribution in [0.4, 0.5) is 5.69 Å². The molecule has 6 nitrogen and oxygen atoms in total. The molecule has 3 heterocycles. The van der Waals surface area contributed by atoms with Crippen molar-refractivity contribution in [2.75, 3.05) is 31.1 Å². The zero-order valence-electron chi connectivity index (χ0n) is 16.1. The monoisotopic (exact) mass is 369 g/mol. The van der Waals surface area contributed by atoms with Gasteiger partial charge in [-0.3, -0.25) is 14.4 Å². The number of anilines is 1. The fourth-order valence-electron chi connectivity index (χ4n) is 4.87. The van der Waals surface area contributed by atoms with Crippen LogP contribution in [-0.2, 0) is 9.59 Å². The Labute approximate surface area is 160 Å². The molecule has 2 fully saturated rings. The summed E-state index contributed by atoms with van der Waals surface area (Å²) < 4.78 is 0. The van der Waals surface area contributed by atoms with E-state index < -0.39 is 6.04 Å². The molecule has 144 valence electrons. The third kappa shape index (κ3) is 3.22. The Kier molecular flexibility index (Phi) is 4.66. The summed E-state index contributed by atoms with van der Waals surface area (Å²) in [5.41, 5.74) is 1.08. The van der Waals surface area contributed by atoms with Crippen molar-refractivity contribution >= 4 is 23.4 Å². The van der Waals surface area contributed by atoms with Gasteiger partial charge in [-0.1, -0.05) is 26.0 Å². The maximum atomic E-state index is 13.2. The molecule has 27 heavy (non-hydrogen) atoms. The summed E-state index contributed by atoms with van der Waals surface area (Å²) in [7, 11) is 0. The van der Waals surface area contributed by atoms with Crippen LogP contribution in [-0.4, -0.2) is 59.7 Å². The number of likely N-dealkylation sites (tertiary alicyclic amines) is 1. The summed E-state index contributed by atoms with van der Waals surface area (Å²) in [6.45, 7) is 6.41. The highest BCUT2D eigenvalue weighted by molar-refractivity contribution is 6.12. The second-order valence-electron chi connectivity index (χ2n) is 8.34. The van der Waals surface area contributed by atoms with E-state index in [1.165, 1.54) is 0 Å². The van der Waals surface area contributed by atoms with Crippen LogP contribution < -0.4 is 4.90 Å². The maximum absolute atomic E-state index is 13.2. The molecule has 0 aromatic heterocycles. The fraction of sp³-hybridized carbons (Fsp3) is 0.571. The summed E-state index contributed by atoms with van der Waals surface area (Å²) >= 11 is 0. The number of para-hydroxylation sites is 1. The maximum Gasteiger partial charge on any atom is 0.256 e. The van der Waals surface area contributed by atoms with E-state index in [2.05, 4.69) is 13.8 Å². The molecular weight excluding hydrogens is 342 g/mol. The van der Waals surface area contributed by atoms with Crippen LogP contribution in [0.25, 0.3) is 0 Å². The van der Waals surface area contributed by atoms with Gasteiger partial charge < -0.3 is 14.7 Å². The highest BCUT2D eigenvalue weighted by Crippen LogP contribution is 2.32. The van der Waals surface area contributed by atoms with Gasteiger partial charge in [-0.15, -0.1) is 0 Å². The summed E-state index contributed by atoms with van der Waals surface area (Å²) in [5.74, 6) is 0.678. The molecule has 1 aromatic rings. The molecule has 3 atom stereocenters. The number of hydrogen-bond acceptors (Lipinski definition) is 3. The number of nitrogens with zero attached hydrogens (tertiary/aromatic N) is 3. The van der Waals surface area contributed by atoms with Crippen LogP contribution in [0.1, 0.15) is 43.5 Å². The van der Waals surface area contributed by atoms with Crippen molar-refractivity contribution < 1.29 is 14.4 Å². The molecule has 2 unspecified atom stereocenters. The lowest BCUT2D eigenvalue weighted by Gasteiger charge is -2.36. The Morgan fingerprint density at radius 2 is 1.81 bits per heavy atom. The first-order valence-electron chi connectivity index (χ1n) is 9.95. The number of rotatable bonds is 2. The molecule has 0 radical (unpaired) electrons. The fourth-order valence-corrected chi connectivity index (χ4v) is 4.87. The van der Waals surface area contributed by atoms with Gasteiger partial charge in [-0.2, -0.15) is 0 Å². The van der Waals surface area contributed by atoms with Crippen LogP contribution in [0.15, 0.2) is 24.3 Å². The molecule has 0 saturated carbocycles. The van der Waals surface area contributed by atoms with E-state index in [4.69, 9.17) is 0 Å². The van der Waals surface area contributed by atoms with Gasteiger partial charge in [0.1, 0.15) is 12.6 Å². The lowest BCUT2D eigenvalue weighted by molar-refractivity contribution is -0.134. The second kappa shape index (κ2) is 6.98. The number of carbonyl (C=O) groups excluding carboxylic acids is 3. The number of fused-ring (bicyclic) bond motifs is 2. The van der Waals surface area contributed by atoms with E-state index in [0.29, 0.717) is 36.1 Å². The van der Waals surface area contributed by atoms with Crippen molar-refractivity contribution in [2.45, 2.75) is 39.2 Å². The van der Waals surface area contributed by atoms with E-state index in [1.807, 2.05) is 17.0 Å². The molecule has 0 bridgehead atoms. The lowest BCUT2D eigenvalue weighted by Crippen LogP contribution is -2.51. The van der Waals surface area contributed by atoms with Crippen molar-refractivity contribution in [3.8, 4) is 0 Å². The Morgan fingerprint density at radius 3 is 2.56 bits per heavy atom. The van der Waals surface area contributed by atoms with Crippen molar-refractivity contribution in [1.82, 2.24) is 9.80 Å². The zero-order chi connectivity index (χ0) is 19.1. The predicted molar refractivity (Wildman–Crippen MR) is 102 cm³/mol. The molecular formula is C21H27N3O3. The molecule has 4 rings (SSSR count). The molecule has 1 aromatic carbocycles. The van der Waals surface area contributed by atoms with Crippen LogP contribution in [0, 0.1) is 11.8 Å². The highest BCUT2D eigenvalue weighted by atomic mass is 16.2. The van der Waals surface area contributed by atoms with E-state index in [9.17, 15) is 14.4 Å². The van der Waals surface area contributed by atoms with E-state index in [0.717, 1.165) is 25.9 Å². The topological polar surface area (TPSA) is 60.9 Å². The van der Waals surface area contributed by atoms with Gasteiger partial charge in [0.25, 0.3) is 5.91 Å². The molecule has 6 heteroatoms. The number of piperidine rings is 1. The zero-order valence-corrected chi connectivity index (χ0v) is 16.1. The molecule has 0 aliphatic carbocycles. The molecule has 3 aliphatic heterocycles. The standard InChI is InChI=1S/C21H27N3O3/c1-14-10-15(2)12-22(11-14)19(25)13-24-17-7-4-3-6-16(17)20(26)23-9-5-8-18(23)21(24)27/h3-4,6-7,14-15,18H,5,8-13H2,1-2H3/t14?,15?,18-/m0/s1. The smallest absolute Gasteiger partial charge is 0.256 e. The quantitative estimate of drug-likeness (QED) is 0.802. The normalized spacial score (nSPS) is 28.1. The minimum Gasteiger partial charge on any atom is -0.341 e. The first-order chi connectivity index (χ1) is 13.0. The summed E-state index contributed by atoms with van der Waals surface area (Å²) in [5, 5.41) is 0. The van der Waals surface area contributed by atoms with Crippen LogP contribution >= 0.6 is 0 Å². The highest BCUT2D eigenvalue weighted by Gasteiger charge is 2.42. The van der Waals surface area contributed by atoms with Crippen LogP contribution in [0.2, 0.25) is 0 Å². The lowest BCUT2D eigenvalue weighted by atomic mass is 9.92. The van der Waals surface area contributed by atoms with Gasteiger partial charge in [-0.05, 0) is 43.2 Å². The van der Waals surface area contributed by atoms with E-state index >= 15 is 0 Å². The Balaban J connectivity index is 1.64. The Morgan fingerprint density at radius 1 is 1.11 bits per heavy atom. The third-order valence-corrected chi connectivity index (χ3v) is 6.00. The number of hydrogen-bond donors (Lipinski definition) is 0. The van der Waals surface area contributed by atoms with Crippen molar-refractivity contribution in [1.29, 1.82) is 0 Å². The Bertz CT molecular complexity index is 768. The van der Waals surface area contributed by atoms with Crippen molar-refractivity contribution in [3.05, 3.63) is 29.8 Å². The Hall–Kier alpha value is -2.37. The van der Waals surface area contributed by atoms with Crippen LogP contribution in [0.3, 0.4) is 0 Å². The van der Waals surface area contributed by atoms with E-state index in [1.54, 1.807) is 21.9 Å². The number of amides is 3. The molecule has 0 spiro atoms. The van der Waals surface area contributed by atoms with E-state index in [-0.39, 0.29) is 24.3 Å². The van der Waals surface area contributed by atoms with Gasteiger partial charge in [0.2, 0.25) is 11.8 Å². The first-order valence-corrected chi connectivity index (χ1v) is 9.95. The predicted octanol–water partition coefficient (Wildman–Crippen LogP) is 2.14. The minimum absolute atomic E-state index is 0.00685. The number of benzene rings is 1. The van der Waals surface area contributed by atoms with Gasteiger partial charge in [0.15, 0.2) is 0 Å². The van der Waals surface area contributed by atoms with Gasteiger partial charge in [-0.25, -0.2) is 0 Å². The summed E-state index contributed by atoms with van der Waals surface area (Å²) in [6, 6.07) is 6.72. The van der Waals surface area contributed by atoms with Gasteiger partial charge in [0.05, 0.1) is 11.3 Å². The average molecular weight is 369 g/mol. The SMILES string of the molecule is CC1CC(C)CN(C(=O)CN2C(=O)[C@@H]3CCCN3C(=O)c3ccccc32)C1. The minimum atomic E-state index is -0.447.